The summed E-state index contributed by atoms with van der Waals surface area (Å²) in [5.41, 5.74) is 10.8. The van der Waals surface area contributed by atoms with Crippen molar-refractivity contribution in [3.05, 3.63) is 34.9 Å². The van der Waals surface area contributed by atoms with Crippen LogP contribution in [-0.4, -0.2) is 24.5 Å². The summed E-state index contributed by atoms with van der Waals surface area (Å²) in [5.74, 6) is 0. The number of hydrogen-bond acceptors (Lipinski definition) is 2. The van der Waals surface area contributed by atoms with E-state index in [0.29, 0.717) is 5.41 Å². The molecule has 106 valence electrons. The maximum atomic E-state index is 6.39. The third kappa shape index (κ3) is 3.80. The molecule has 1 aromatic rings. The second kappa shape index (κ2) is 5.64. The Morgan fingerprint density at radius 1 is 1.26 bits per heavy atom. The molecular formula is C17H28N2. The lowest BCUT2D eigenvalue weighted by atomic mass is 9.84. The lowest BCUT2D eigenvalue weighted by Gasteiger charge is -2.39. The first-order chi connectivity index (χ1) is 8.87. The average Bonchev–Trinajstić information content (AvgIpc) is 2.31. The molecule has 0 radical (unpaired) electrons. The molecule has 0 amide bonds. The Morgan fingerprint density at radius 3 is 2.63 bits per heavy atom. The summed E-state index contributed by atoms with van der Waals surface area (Å²) >= 11 is 0. The van der Waals surface area contributed by atoms with Gasteiger partial charge in [0.2, 0.25) is 0 Å². The van der Waals surface area contributed by atoms with E-state index in [9.17, 15) is 0 Å². The summed E-state index contributed by atoms with van der Waals surface area (Å²) in [6.45, 7) is 12.4. The number of hydrogen-bond donors (Lipinski definition) is 1. The van der Waals surface area contributed by atoms with Crippen LogP contribution < -0.4 is 5.73 Å². The summed E-state index contributed by atoms with van der Waals surface area (Å²) in [6.07, 6.45) is 2.63. The van der Waals surface area contributed by atoms with Crippen molar-refractivity contribution in [3.8, 4) is 0 Å². The molecule has 1 heterocycles. The van der Waals surface area contributed by atoms with Crippen molar-refractivity contribution < 1.29 is 0 Å². The van der Waals surface area contributed by atoms with Crippen LogP contribution in [0.25, 0.3) is 0 Å². The Bertz CT molecular complexity index is 437. The molecule has 1 aromatic carbocycles. The zero-order valence-electron chi connectivity index (χ0n) is 12.9. The maximum Gasteiger partial charge on any atom is 0.0424 e. The minimum absolute atomic E-state index is 0.133. The summed E-state index contributed by atoms with van der Waals surface area (Å²) in [5, 5.41) is 0. The molecule has 2 N–H and O–H groups in total. The third-order valence-electron chi connectivity index (χ3n) is 4.39. The number of piperidine rings is 1. The average molecular weight is 260 g/mol. The summed E-state index contributed by atoms with van der Waals surface area (Å²) in [4.78, 5) is 2.53. The molecule has 1 aliphatic heterocycles. The maximum absolute atomic E-state index is 6.39. The van der Waals surface area contributed by atoms with Gasteiger partial charge in [-0.2, -0.15) is 0 Å². The number of aryl methyl sites for hydroxylation is 2. The first-order valence-electron chi connectivity index (χ1n) is 7.42. The van der Waals surface area contributed by atoms with Crippen molar-refractivity contribution in [1.29, 1.82) is 0 Å². The highest BCUT2D eigenvalue weighted by Crippen LogP contribution is 2.29. The van der Waals surface area contributed by atoms with Crippen LogP contribution in [0.3, 0.4) is 0 Å². The second-order valence-electron chi connectivity index (χ2n) is 6.95. The van der Waals surface area contributed by atoms with Crippen molar-refractivity contribution >= 4 is 0 Å². The van der Waals surface area contributed by atoms with Crippen LogP contribution >= 0.6 is 0 Å². The quantitative estimate of drug-likeness (QED) is 0.902. The molecule has 0 saturated carbocycles. The first kappa shape index (κ1) is 14.5. The predicted octanol–water partition coefficient (Wildman–Crippen LogP) is 3.43. The molecule has 2 heteroatoms. The van der Waals surface area contributed by atoms with Crippen LogP contribution in [0, 0.1) is 19.3 Å². The standard InChI is InChI=1S/C17H28N2/c1-13-6-7-15(10-14(13)2)16(18)11-19-9-5-8-17(3,4)12-19/h6-7,10,16H,5,8-9,11-12,18H2,1-4H3. The largest absolute Gasteiger partial charge is 0.323 e. The van der Waals surface area contributed by atoms with Crippen molar-refractivity contribution in [2.24, 2.45) is 11.1 Å². The number of nitrogens with zero attached hydrogens (tertiary/aromatic N) is 1. The number of likely N-dealkylation sites (tertiary alicyclic amines) is 1. The van der Waals surface area contributed by atoms with Crippen molar-refractivity contribution in [2.75, 3.05) is 19.6 Å². The fraction of sp³-hybridized carbons (Fsp3) is 0.647. The van der Waals surface area contributed by atoms with Crippen LogP contribution in [0.2, 0.25) is 0 Å². The van der Waals surface area contributed by atoms with Gasteiger partial charge in [0.25, 0.3) is 0 Å². The van der Waals surface area contributed by atoms with E-state index in [-0.39, 0.29) is 6.04 Å². The van der Waals surface area contributed by atoms with Gasteiger partial charge in [-0.1, -0.05) is 32.0 Å². The molecule has 0 spiro atoms. The molecule has 0 bridgehead atoms. The molecule has 0 aromatic heterocycles. The van der Waals surface area contributed by atoms with E-state index >= 15 is 0 Å². The molecular weight excluding hydrogens is 232 g/mol. The van der Waals surface area contributed by atoms with Gasteiger partial charge in [0.15, 0.2) is 0 Å². The molecule has 1 unspecified atom stereocenters. The smallest absolute Gasteiger partial charge is 0.0424 e. The highest BCUT2D eigenvalue weighted by Gasteiger charge is 2.27. The predicted molar refractivity (Wildman–Crippen MR) is 82.3 cm³/mol. The molecule has 1 aliphatic rings. The SMILES string of the molecule is Cc1ccc(C(N)CN2CCCC(C)(C)C2)cc1C. The van der Waals surface area contributed by atoms with E-state index in [1.807, 2.05) is 0 Å². The Morgan fingerprint density at radius 2 is 2.00 bits per heavy atom. The van der Waals surface area contributed by atoms with Crippen molar-refractivity contribution in [1.82, 2.24) is 4.90 Å². The van der Waals surface area contributed by atoms with Gasteiger partial charge in [0, 0.05) is 19.1 Å². The van der Waals surface area contributed by atoms with Crippen LogP contribution in [0.4, 0.5) is 0 Å². The zero-order chi connectivity index (χ0) is 14.0. The van der Waals surface area contributed by atoms with Gasteiger partial charge in [0.1, 0.15) is 0 Å². The first-order valence-corrected chi connectivity index (χ1v) is 7.42. The van der Waals surface area contributed by atoms with Crippen LogP contribution in [0.5, 0.6) is 0 Å². The van der Waals surface area contributed by atoms with Crippen LogP contribution in [0.1, 0.15) is 49.4 Å². The lowest BCUT2D eigenvalue weighted by Crippen LogP contribution is -2.43. The number of nitrogens with two attached hydrogens (primary N) is 1. The topological polar surface area (TPSA) is 29.3 Å². The van der Waals surface area contributed by atoms with E-state index < -0.39 is 0 Å². The fourth-order valence-corrected chi connectivity index (χ4v) is 3.08. The van der Waals surface area contributed by atoms with E-state index in [2.05, 4.69) is 50.8 Å². The van der Waals surface area contributed by atoms with Gasteiger partial charge in [0.05, 0.1) is 0 Å². The Kier molecular flexibility index (Phi) is 4.32. The van der Waals surface area contributed by atoms with Gasteiger partial charge in [-0.15, -0.1) is 0 Å². The summed E-state index contributed by atoms with van der Waals surface area (Å²) < 4.78 is 0. The van der Waals surface area contributed by atoms with E-state index in [1.165, 1.54) is 42.6 Å². The van der Waals surface area contributed by atoms with Crippen molar-refractivity contribution in [3.63, 3.8) is 0 Å². The Labute approximate surface area is 118 Å². The zero-order valence-corrected chi connectivity index (χ0v) is 12.9. The normalized spacial score (nSPS) is 21.3. The monoisotopic (exact) mass is 260 g/mol. The number of benzene rings is 1. The molecule has 0 aliphatic carbocycles. The van der Waals surface area contributed by atoms with Gasteiger partial charge in [-0.05, 0) is 55.3 Å². The minimum Gasteiger partial charge on any atom is -0.323 e. The second-order valence-corrected chi connectivity index (χ2v) is 6.95. The summed E-state index contributed by atoms with van der Waals surface area (Å²) in [7, 11) is 0. The van der Waals surface area contributed by atoms with Gasteiger partial charge < -0.3 is 10.6 Å². The molecule has 1 atom stereocenters. The van der Waals surface area contributed by atoms with Crippen molar-refractivity contribution in [2.45, 2.75) is 46.6 Å². The fourth-order valence-electron chi connectivity index (χ4n) is 3.08. The van der Waals surface area contributed by atoms with E-state index in [4.69, 9.17) is 5.73 Å². The van der Waals surface area contributed by atoms with Gasteiger partial charge in [-0.25, -0.2) is 0 Å². The lowest BCUT2D eigenvalue weighted by molar-refractivity contribution is 0.112. The summed E-state index contributed by atoms with van der Waals surface area (Å²) in [6, 6.07) is 6.75. The molecule has 19 heavy (non-hydrogen) atoms. The van der Waals surface area contributed by atoms with Gasteiger partial charge in [-0.3, -0.25) is 0 Å². The molecule has 2 rings (SSSR count). The Hall–Kier alpha value is -0.860. The van der Waals surface area contributed by atoms with E-state index in [0.717, 1.165) is 6.54 Å². The van der Waals surface area contributed by atoms with E-state index in [1.54, 1.807) is 0 Å². The number of rotatable bonds is 3. The molecule has 1 saturated heterocycles. The minimum atomic E-state index is 0.133. The molecule has 1 fully saturated rings. The Balaban J connectivity index is 2.00. The highest BCUT2D eigenvalue weighted by molar-refractivity contribution is 5.31. The van der Waals surface area contributed by atoms with Crippen LogP contribution in [0.15, 0.2) is 18.2 Å². The highest BCUT2D eigenvalue weighted by atomic mass is 15.1. The van der Waals surface area contributed by atoms with Gasteiger partial charge >= 0.3 is 0 Å². The molecule has 2 nitrogen and oxygen atoms in total. The van der Waals surface area contributed by atoms with Crippen LogP contribution in [-0.2, 0) is 0 Å². The third-order valence-corrected chi connectivity index (χ3v) is 4.39.